The maximum absolute atomic E-state index is 11.6. The second kappa shape index (κ2) is 12.4. The van der Waals surface area contributed by atoms with Gasteiger partial charge in [-0.25, -0.2) is 9.59 Å². The van der Waals surface area contributed by atoms with Crippen molar-refractivity contribution < 1.29 is 39.5 Å². The molecule has 8 nitrogen and oxygen atoms in total. The van der Waals surface area contributed by atoms with Crippen LogP contribution in [0.25, 0.3) is 0 Å². The molecule has 0 aliphatic heterocycles. The van der Waals surface area contributed by atoms with E-state index in [-0.39, 0.29) is 24.7 Å². The molecule has 1 aromatic rings. The lowest BCUT2D eigenvalue weighted by Crippen LogP contribution is -2.12. The molecule has 146 valence electrons. The fraction of sp³-hybridized carbons (Fsp3) is 0.556. The number of aromatic carboxylic acids is 2. The summed E-state index contributed by atoms with van der Waals surface area (Å²) in [6, 6.07) is 3.06. The van der Waals surface area contributed by atoms with E-state index in [1.54, 1.807) is 0 Å². The van der Waals surface area contributed by atoms with Gasteiger partial charge in [0, 0.05) is 13.2 Å². The Hall–Kier alpha value is -2.00. The van der Waals surface area contributed by atoms with Gasteiger partial charge in [-0.1, -0.05) is 0 Å². The van der Waals surface area contributed by atoms with E-state index in [1.807, 2.05) is 0 Å². The predicted molar refractivity (Wildman–Crippen MR) is 92.3 cm³/mol. The molecule has 0 aliphatic rings. The topological polar surface area (TPSA) is 134 Å². The molecule has 0 radical (unpaired) electrons. The minimum absolute atomic E-state index is 0.00887. The van der Waals surface area contributed by atoms with Crippen molar-refractivity contribution in [2.24, 2.45) is 0 Å². The Kier molecular flexibility index (Phi) is 10.5. The summed E-state index contributed by atoms with van der Waals surface area (Å²) in [5, 5.41) is 36.1. The lowest BCUT2D eigenvalue weighted by Gasteiger charge is -2.13. The van der Waals surface area contributed by atoms with Gasteiger partial charge in [-0.05, 0) is 61.8 Å². The van der Waals surface area contributed by atoms with Crippen LogP contribution in [0.4, 0.5) is 0 Å². The molecule has 26 heavy (non-hydrogen) atoms. The van der Waals surface area contributed by atoms with Crippen molar-refractivity contribution in [1.82, 2.24) is 0 Å². The summed E-state index contributed by atoms with van der Waals surface area (Å²) in [4.78, 5) is 23.2. The smallest absolute Gasteiger partial charge is 0.335 e. The second-order valence-electron chi connectivity index (χ2n) is 5.77. The standard InChI is InChI=1S/C18H26O8/c19-11-25-7-3-1-5-13-9-15(17(21)22)14(16(10-13)18(23)24)6-2-4-8-26-12-20/h9-10,19-20H,1-8,11-12H2,(H,21,22)(H,23,24). The molecular formula is C18H26O8. The molecule has 0 aliphatic carbocycles. The highest BCUT2D eigenvalue weighted by Crippen LogP contribution is 2.22. The van der Waals surface area contributed by atoms with Crippen LogP contribution in [0.15, 0.2) is 12.1 Å². The van der Waals surface area contributed by atoms with Crippen LogP contribution in [0.3, 0.4) is 0 Å². The predicted octanol–water partition coefficient (Wildman–Crippen LogP) is 1.66. The van der Waals surface area contributed by atoms with Gasteiger partial charge in [0.2, 0.25) is 0 Å². The number of aryl methyl sites for hydroxylation is 1. The summed E-state index contributed by atoms with van der Waals surface area (Å²) in [6.45, 7) is 0.000529. The van der Waals surface area contributed by atoms with Crippen LogP contribution in [0, 0.1) is 0 Å². The van der Waals surface area contributed by atoms with Crippen molar-refractivity contribution in [2.45, 2.75) is 38.5 Å². The van der Waals surface area contributed by atoms with Gasteiger partial charge in [0.25, 0.3) is 0 Å². The Balaban J connectivity index is 2.89. The van der Waals surface area contributed by atoms with E-state index in [0.717, 1.165) is 0 Å². The van der Waals surface area contributed by atoms with E-state index in [2.05, 4.69) is 0 Å². The molecule has 0 heterocycles. The third-order valence-electron chi connectivity index (χ3n) is 3.92. The largest absolute Gasteiger partial charge is 0.478 e. The maximum atomic E-state index is 11.6. The van der Waals surface area contributed by atoms with E-state index in [0.29, 0.717) is 62.9 Å². The fourth-order valence-corrected chi connectivity index (χ4v) is 2.70. The molecule has 0 spiro atoms. The maximum Gasteiger partial charge on any atom is 0.335 e. The zero-order chi connectivity index (χ0) is 19.4. The Bertz CT molecular complexity index is 550. The van der Waals surface area contributed by atoms with Crippen molar-refractivity contribution >= 4 is 11.9 Å². The van der Waals surface area contributed by atoms with Crippen LogP contribution in [-0.4, -0.2) is 59.2 Å². The molecule has 0 bridgehead atoms. The first kappa shape index (κ1) is 22.0. The quantitative estimate of drug-likeness (QED) is 0.287. The number of carbonyl (C=O) groups is 2. The van der Waals surface area contributed by atoms with Crippen molar-refractivity contribution in [3.05, 3.63) is 34.4 Å². The summed E-state index contributed by atoms with van der Waals surface area (Å²) in [6.07, 6.45) is 3.35. The SMILES string of the molecule is O=C(O)c1cc(CCCCOCO)cc(C(=O)O)c1CCCCOCO. The van der Waals surface area contributed by atoms with E-state index in [4.69, 9.17) is 19.7 Å². The number of rotatable bonds is 14. The number of hydrogen-bond donors (Lipinski definition) is 4. The van der Waals surface area contributed by atoms with Crippen molar-refractivity contribution in [3.63, 3.8) is 0 Å². The number of aliphatic hydroxyl groups is 2. The zero-order valence-electron chi connectivity index (χ0n) is 14.6. The van der Waals surface area contributed by atoms with Gasteiger partial charge in [0.1, 0.15) is 13.6 Å². The molecule has 0 aromatic heterocycles. The van der Waals surface area contributed by atoms with Gasteiger partial charge in [-0.3, -0.25) is 0 Å². The number of carboxylic acids is 2. The number of hydrogen-bond acceptors (Lipinski definition) is 6. The minimum Gasteiger partial charge on any atom is -0.478 e. The average Bonchev–Trinajstić information content (AvgIpc) is 2.61. The van der Waals surface area contributed by atoms with E-state index in [9.17, 15) is 19.8 Å². The number of unbranched alkanes of at least 4 members (excludes halogenated alkanes) is 2. The third-order valence-corrected chi connectivity index (χ3v) is 3.92. The van der Waals surface area contributed by atoms with Gasteiger partial charge >= 0.3 is 11.9 Å². The Labute approximate surface area is 152 Å². The van der Waals surface area contributed by atoms with E-state index in [1.165, 1.54) is 12.1 Å². The molecular weight excluding hydrogens is 344 g/mol. The first-order valence-corrected chi connectivity index (χ1v) is 8.50. The van der Waals surface area contributed by atoms with Gasteiger partial charge in [0.15, 0.2) is 0 Å². The van der Waals surface area contributed by atoms with Crippen molar-refractivity contribution in [3.8, 4) is 0 Å². The summed E-state index contributed by atoms with van der Waals surface area (Å²) in [5.41, 5.74) is 0.974. The summed E-state index contributed by atoms with van der Waals surface area (Å²) < 4.78 is 9.64. The molecule has 1 aromatic carbocycles. The number of aliphatic hydroxyl groups excluding tert-OH is 2. The van der Waals surface area contributed by atoms with Crippen molar-refractivity contribution in [2.75, 3.05) is 26.8 Å². The fourth-order valence-electron chi connectivity index (χ4n) is 2.70. The summed E-state index contributed by atoms with van der Waals surface area (Å²) in [7, 11) is 0. The van der Waals surface area contributed by atoms with Crippen LogP contribution in [-0.2, 0) is 22.3 Å². The zero-order valence-corrected chi connectivity index (χ0v) is 14.6. The van der Waals surface area contributed by atoms with Gasteiger partial charge in [0.05, 0.1) is 11.1 Å². The molecule has 0 saturated heterocycles. The van der Waals surface area contributed by atoms with E-state index < -0.39 is 11.9 Å². The highest BCUT2D eigenvalue weighted by molar-refractivity contribution is 5.97. The van der Waals surface area contributed by atoms with Gasteiger partial charge < -0.3 is 29.9 Å². The Morgan fingerprint density at radius 1 is 0.769 bits per heavy atom. The van der Waals surface area contributed by atoms with Crippen LogP contribution in [0.1, 0.15) is 57.5 Å². The van der Waals surface area contributed by atoms with Crippen LogP contribution in [0.2, 0.25) is 0 Å². The lowest BCUT2D eigenvalue weighted by molar-refractivity contribution is -0.00298. The summed E-state index contributed by atoms with van der Waals surface area (Å²) >= 11 is 0. The molecule has 4 N–H and O–H groups in total. The monoisotopic (exact) mass is 370 g/mol. The Morgan fingerprint density at radius 2 is 1.23 bits per heavy atom. The molecule has 0 atom stereocenters. The van der Waals surface area contributed by atoms with Gasteiger partial charge in [-0.2, -0.15) is 0 Å². The van der Waals surface area contributed by atoms with Gasteiger partial charge in [-0.15, -0.1) is 0 Å². The van der Waals surface area contributed by atoms with Crippen LogP contribution < -0.4 is 0 Å². The molecule has 0 amide bonds. The molecule has 0 unspecified atom stereocenters. The van der Waals surface area contributed by atoms with Crippen LogP contribution >= 0.6 is 0 Å². The molecule has 0 fully saturated rings. The molecule has 1 rings (SSSR count). The average molecular weight is 370 g/mol. The second-order valence-corrected chi connectivity index (χ2v) is 5.77. The van der Waals surface area contributed by atoms with Crippen molar-refractivity contribution in [1.29, 1.82) is 0 Å². The number of benzene rings is 1. The highest BCUT2D eigenvalue weighted by Gasteiger charge is 2.19. The van der Waals surface area contributed by atoms with E-state index >= 15 is 0 Å². The summed E-state index contributed by atoms with van der Waals surface area (Å²) in [5.74, 6) is -2.31. The molecule has 0 saturated carbocycles. The van der Waals surface area contributed by atoms with Crippen LogP contribution in [0.5, 0.6) is 0 Å². The Morgan fingerprint density at radius 3 is 1.65 bits per heavy atom. The first-order chi connectivity index (χ1) is 12.5. The number of carboxylic acid groups (broad SMARTS) is 2. The minimum atomic E-state index is -1.15. The normalized spacial score (nSPS) is 10.8. The third kappa shape index (κ3) is 7.49. The number of ether oxygens (including phenoxy) is 2. The highest BCUT2D eigenvalue weighted by atomic mass is 16.6. The molecule has 8 heteroatoms. The first-order valence-electron chi connectivity index (χ1n) is 8.50. The lowest BCUT2D eigenvalue weighted by atomic mass is 9.92.